The van der Waals surface area contributed by atoms with Crippen LogP contribution in [0.1, 0.15) is 26.7 Å². The first kappa shape index (κ1) is 5.61. The van der Waals surface area contributed by atoms with Crippen molar-refractivity contribution in [3.05, 3.63) is 23.3 Å². The van der Waals surface area contributed by atoms with Crippen molar-refractivity contribution >= 4 is 0 Å². The van der Waals surface area contributed by atoms with E-state index in [-0.39, 0.29) is 0 Å². The highest BCUT2D eigenvalue weighted by atomic mass is 14.0. The second-order valence-corrected chi connectivity index (χ2v) is 2.51. The lowest BCUT2D eigenvalue weighted by Gasteiger charge is -2.04. The van der Waals surface area contributed by atoms with E-state index in [4.69, 9.17) is 0 Å². The zero-order chi connectivity index (χ0) is 5.98. The molecule has 1 aliphatic rings. The van der Waals surface area contributed by atoms with Crippen LogP contribution < -0.4 is 0 Å². The van der Waals surface area contributed by atoms with Crippen LogP contribution in [-0.4, -0.2) is 0 Å². The quantitative estimate of drug-likeness (QED) is 0.418. The van der Waals surface area contributed by atoms with E-state index >= 15 is 0 Å². The van der Waals surface area contributed by atoms with Crippen LogP contribution in [0.2, 0.25) is 0 Å². The Bertz CT molecular complexity index is 120. The van der Waals surface area contributed by atoms with Crippen LogP contribution in [0.4, 0.5) is 0 Å². The molecule has 0 unspecified atom stereocenters. The van der Waals surface area contributed by atoms with Crippen LogP contribution >= 0.6 is 0 Å². The predicted molar refractivity (Wildman–Crippen MR) is 36.7 cm³/mol. The van der Waals surface area contributed by atoms with E-state index < -0.39 is 0 Å². The Hall–Kier alpha value is -0.520. The van der Waals surface area contributed by atoms with Gasteiger partial charge in [-0.15, -0.1) is 0 Å². The van der Waals surface area contributed by atoms with E-state index in [1.165, 1.54) is 24.0 Å². The molecule has 0 amide bonds. The van der Waals surface area contributed by atoms with Gasteiger partial charge in [0.05, 0.1) is 0 Å². The Morgan fingerprint density at radius 3 is 1.62 bits per heavy atom. The average Bonchev–Trinajstić information content (AvgIpc) is 1.77. The minimum atomic E-state index is 1.17. The van der Waals surface area contributed by atoms with Gasteiger partial charge in [0, 0.05) is 0 Å². The first-order chi connectivity index (χ1) is 3.79. The smallest absolute Gasteiger partial charge is 0.0139 e. The number of rotatable bonds is 0. The summed E-state index contributed by atoms with van der Waals surface area (Å²) in [7, 11) is 0. The third-order valence-electron chi connectivity index (χ3n) is 1.54. The summed E-state index contributed by atoms with van der Waals surface area (Å²) in [5, 5.41) is 0. The first-order valence-corrected chi connectivity index (χ1v) is 3.10. The molecule has 0 N–H and O–H groups in total. The maximum absolute atomic E-state index is 2.30. The fourth-order valence-electron chi connectivity index (χ4n) is 0.837. The molecule has 44 valence electrons. The lowest BCUT2D eigenvalue weighted by Crippen LogP contribution is -1.84. The second kappa shape index (κ2) is 2.17. The van der Waals surface area contributed by atoms with Crippen LogP contribution in [-0.2, 0) is 0 Å². The average molecular weight is 108 g/mol. The minimum absolute atomic E-state index is 1.17. The summed E-state index contributed by atoms with van der Waals surface area (Å²) < 4.78 is 0. The van der Waals surface area contributed by atoms with Gasteiger partial charge in [-0.3, -0.25) is 0 Å². The highest BCUT2D eigenvalue weighted by Gasteiger charge is 1.94. The summed E-state index contributed by atoms with van der Waals surface area (Å²) in [5.74, 6) is 0. The van der Waals surface area contributed by atoms with E-state index in [2.05, 4.69) is 26.0 Å². The minimum Gasteiger partial charge on any atom is -0.0812 e. The van der Waals surface area contributed by atoms with Gasteiger partial charge in [-0.2, -0.15) is 0 Å². The van der Waals surface area contributed by atoms with E-state index in [9.17, 15) is 0 Å². The molecule has 0 aromatic heterocycles. The molecule has 0 fully saturated rings. The second-order valence-electron chi connectivity index (χ2n) is 2.51. The molecule has 8 heavy (non-hydrogen) atoms. The zero-order valence-electron chi connectivity index (χ0n) is 5.57. The molecular formula is C8H12. The van der Waals surface area contributed by atoms with E-state index in [1.807, 2.05) is 0 Å². The van der Waals surface area contributed by atoms with Crippen LogP contribution in [0, 0.1) is 0 Å². The van der Waals surface area contributed by atoms with Crippen molar-refractivity contribution in [2.75, 3.05) is 0 Å². The summed E-state index contributed by atoms with van der Waals surface area (Å²) in [4.78, 5) is 0. The first-order valence-electron chi connectivity index (χ1n) is 3.10. The number of hydrogen-bond donors (Lipinski definition) is 0. The Labute approximate surface area is 50.9 Å². The summed E-state index contributed by atoms with van der Waals surface area (Å²) >= 11 is 0. The predicted octanol–water partition coefficient (Wildman–Crippen LogP) is 2.67. The van der Waals surface area contributed by atoms with Crippen LogP contribution in [0.3, 0.4) is 0 Å². The fourth-order valence-corrected chi connectivity index (χ4v) is 0.837. The summed E-state index contributed by atoms with van der Waals surface area (Å²) in [6.45, 7) is 4.37. The molecule has 0 aromatic carbocycles. The van der Waals surface area contributed by atoms with Crippen LogP contribution in [0.15, 0.2) is 23.3 Å². The molecule has 0 atom stereocenters. The molecule has 0 bridgehead atoms. The Balaban J connectivity index is 2.54. The molecule has 0 aliphatic heterocycles. The topological polar surface area (TPSA) is 0 Å². The summed E-state index contributed by atoms with van der Waals surface area (Å²) in [5.41, 5.74) is 3.02. The van der Waals surface area contributed by atoms with Gasteiger partial charge in [-0.25, -0.2) is 0 Å². The molecule has 0 radical (unpaired) electrons. The van der Waals surface area contributed by atoms with Crippen molar-refractivity contribution in [2.24, 2.45) is 0 Å². The third-order valence-corrected chi connectivity index (χ3v) is 1.54. The Morgan fingerprint density at radius 1 is 1.00 bits per heavy atom. The van der Waals surface area contributed by atoms with Crippen molar-refractivity contribution in [3.8, 4) is 0 Å². The van der Waals surface area contributed by atoms with Crippen LogP contribution in [0.25, 0.3) is 0 Å². The number of allylic oxidation sites excluding steroid dienone is 4. The molecule has 0 spiro atoms. The molecule has 0 aromatic rings. The molecule has 0 saturated heterocycles. The van der Waals surface area contributed by atoms with Crippen molar-refractivity contribution < 1.29 is 0 Å². The van der Waals surface area contributed by atoms with E-state index in [1.54, 1.807) is 0 Å². The molecular weight excluding hydrogens is 96.1 g/mol. The zero-order valence-corrected chi connectivity index (χ0v) is 5.57. The monoisotopic (exact) mass is 108 g/mol. The van der Waals surface area contributed by atoms with Crippen LogP contribution in [0.5, 0.6) is 0 Å². The normalized spacial score (nSPS) is 19.8. The number of hydrogen-bond acceptors (Lipinski definition) is 0. The van der Waals surface area contributed by atoms with Gasteiger partial charge in [-0.05, 0) is 26.7 Å². The molecule has 0 heterocycles. The van der Waals surface area contributed by atoms with Gasteiger partial charge < -0.3 is 0 Å². The Kier molecular flexibility index (Phi) is 1.52. The van der Waals surface area contributed by atoms with Gasteiger partial charge in [-0.1, -0.05) is 23.3 Å². The van der Waals surface area contributed by atoms with Crippen molar-refractivity contribution in [3.63, 3.8) is 0 Å². The molecule has 1 aliphatic carbocycles. The maximum atomic E-state index is 2.30. The summed E-state index contributed by atoms with van der Waals surface area (Å²) in [6, 6.07) is 0. The fraction of sp³-hybridized carbons (Fsp3) is 0.500. The van der Waals surface area contributed by atoms with Gasteiger partial charge in [0.25, 0.3) is 0 Å². The van der Waals surface area contributed by atoms with Crippen molar-refractivity contribution in [2.45, 2.75) is 26.7 Å². The highest BCUT2D eigenvalue weighted by molar-refractivity contribution is 5.18. The highest BCUT2D eigenvalue weighted by Crippen LogP contribution is 2.14. The SMILES string of the molecule is CC1=CCC(C)=CC1. The Morgan fingerprint density at radius 2 is 1.38 bits per heavy atom. The van der Waals surface area contributed by atoms with E-state index in [0.29, 0.717) is 0 Å². The van der Waals surface area contributed by atoms with Gasteiger partial charge in [0.1, 0.15) is 0 Å². The molecule has 0 saturated carbocycles. The van der Waals surface area contributed by atoms with E-state index in [0.717, 1.165) is 0 Å². The van der Waals surface area contributed by atoms with Gasteiger partial charge in [0.15, 0.2) is 0 Å². The summed E-state index contributed by atoms with van der Waals surface area (Å²) in [6.07, 6.45) is 6.95. The van der Waals surface area contributed by atoms with Gasteiger partial charge >= 0.3 is 0 Å². The largest absolute Gasteiger partial charge is 0.0812 e. The lowest BCUT2D eigenvalue weighted by molar-refractivity contribution is 1.05. The maximum Gasteiger partial charge on any atom is -0.0139 e. The molecule has 0 nitrogen and oxygen atoms in total. The van der Waals surface area contributed by atoms with Crippen molar-refractivity contribution in [1.29, 1.82) is 0 Å². The third kappa shape index (κ3) is 1.22. The lowest BCUT2D eigenvalue weighted by atomic mass is 10.0. The van der Waals surface area contributed by atoms with Crippen molar-refractivity contribution in [1.82, 2.24) is 0 Å². The van der Waals surface area contributed by atoms with Gasteiger partial charge in [0.2, 0.25) is 0 Å². The standard InChI is InChI=1S/C8H12/c1-7-3-5-8(2)6-4-7/h3,6H,4-5H2,1-2H3. The molecule has 0 heteroatoms. The molecule has 1 rings (SSSR count).